The van der Waals surface area contributed by atoms with Crippen molar-refractivity contribution in [2.75, 3.05) is 5.32 Å². The SMILES string of the molecule is C1=NCc2ccc(Nc3ccnc(-c4ccccc4)n3)cc21. The van der Waals surface area contributed by atoms with E-state index in [-0.39, 0.29) is 0 Å². The summed E-state index contributed by atoms with van der Waals surface area (Å²) in [6, 6.07) is 18.1. The van der Waals surface area contributed by atoms with Gasteiger partial charge >= 0.3 is 0 Å². The number of nitrogens with zero attached hydrogens (tertiary/aromatic N) is 3. The zero-order valence-electron chi connectivity index (χ0n) is 11.9. The molecule has 0 unspecified atom stereocenters. The summed E-state index contributed by atoms with van der Waals surface area (Å²) in [6.45, 7) is 0.779. The molecule has 0 saturated carbocycles. The van der Waals surface area contributed by atoms with Crippen LogP contribution in [-0.4, -0.2) is 16.2 Å². The number of benzene rings is 2. The van der Waals surface area contributed by atoms with Crippen molar-refractivity contribution in [3.63, 3.8) is 0 Å². The highest BCUT2D eigenvalue weighted by molar-refractivity contribution is 5.86. The van der Waals surface area contributed by atoms with Crippen LogP contribution in [0.1, 0.15) is 11.1 Å². The fraction of sp³-hybridized carbons (Fsp3) is 0.0556. The van der Waals surface area contributed by atoms with E-state index in [1.807, 2.05) is 42.6 Å². The molecule has 0 saturated heterocycles. The van der Waals surface area contributed by atoms with Gasteiger partial charge < -0.3 is 5.32 Å². The average molecular weight is 286 g/mol. The fourth-order valence-electron chi connectivity index (χ4n) is 2.48. The first-order valence-corrected chi connectivity index (χ1v) is 7.17. The van der Waals surface area contributed by atoms with Gasteiger partial charge in [0, 0.05) is 23.7 Å². The summed E-state index contributed by atoms with van der Waals surface area (Å²) in [5.41, 5.74) is 4.44. The average Bonchev–Trinajstić information content (AvgIpc) is 3.04. The van der Waals surface area contributed by atoms with Crippen molar-refractivity contribution in [3.05, 3.63) is 71.9 Å². The molecule has 0 spiro atoms. The summed E-state index contributed by atoms with van der Waals surface area (Å²) in [7, 11) is 0. The molecule has 3 aromatic rings. The Balaban J connectivity index is 1.62. The molecule has 1 aliphatic heterocycles. The first-order valence-electron chi connectivity index (χ1n) is 7.17. The van der Waals surface area contributed by atoms with Crippen LogP contribution in [0.2, 0.25) is 0 Å². The number of aromatic nitrogens is 2. The van der Waals surface area contributed by atoms with Crippen molar-refractivity contribution < 1.29 is 0 Å². The second kappa shape index (κ2) is 5.41. The van der Waals surface area contributed by atoms with Crippen LogP contribution in [-0.2, 0) is 6.54 Å². The van der Waals surface area contributed by atoms with Crippen LogP contribution in [0.4, 0.5) is 11.5 Å². The predicted molar refractivity (Wildman–Crippen MR) is 88.5 cm³/mol. The molecule has 0 amide bonds. The topological polar surface area (TPSA) is 50.2 Å². The number of anilines is 2. The number of rotatable bonds is 3. The van der Waals surface area contributed by atoms with E-state index in [0.717, 1.165) is 23.6 Å². The molecule has 22 heavy (non-hydrogen) atoms. The molecule has 2 heterocycles. The van der Waals surface area contributed by atoms with Gasteiger partial charge in [0.25, 0.3) is 0 Å². The van der Waals surface area contributed by atoms with E-state index < -0.39 is 0 Å². The van der Waals surface area contributed by atoms with Crippen molar-refractivity contribution >= 4 is 17.7 Å². The Hall–Kier alpha value is -3.01. The number of aliphatic imine (C=N–C) groups is 1. The molecular formula is C18H14N4. The van der Waals surface area contributed by atoms with Crippen molar-refractivity contribution in [3.8, 4) is 11.4 Å². The lowest BCUT2D eigenvalue weighted by Crippen LogP contribution is -1.97. The number of nitrogens with one attached hydrogen (secondary N) is 1. The molecule has 2 aromatic carbocycles. The van der Waals surface area contributed by atoms with Gasteiger partial charge in [-0.15, -0.1) is 0 Å². The Kier molecular flexibility index (Phi) is 3.12. The molecule has 1 N–H and O–H groups in total. The van der Waals surface area contributed by atoms with Crippen LogP contribution in [0.25, 0.3) is 11.4 Å². The minimum Gasteiger partial charge on any atom is -0.340 e. The lowest BCUT2D eigenvalue weighted by Gasteiger charge is -2.08. The third-order valence-electron chi connectivity index (χ3n) is 3.60. The van der Waals surface area contributed by atoms with E-state index in [2.05, 4.69) is 38.5 Å². The van der Waals surface area contributed by atoms with Crippen molar-refractivity contribution in [1.29, 1.82) is 0 Å². The first-order chi connectivity index (χ1) is 10.9. The molecular weight excluding hydrogens is 272 g/mol. The summed E-state index contributed by atoms with van der Waals surface area (Å²) in [5, 5.41) is 3.33. The molecule has 4 nitrogen and oxygen atoms in total. The summed E-state index contributed by atoms with van der Waals surface area (Å²) in [5.74, 6) is 1.50. The Morgan fingerprint density at radius 1 is 0.955 bits per heavy atom. The zero-order valence-corrected chi connectivity index (χ0v) is 11.9. The monoisotopic (exact) mass is 286 g/mol. The van der Waals surface area contributed by atoms with Crippen LogP contribution >= 0.6 is 0 Å². The largest absolute Gasteiger partial charge is 0.340 e. The lowest BCUT2D eigenvalue weighted by molar-refractivity contribution is 1.11. The summed E-state index contributed by atoms with van der Waals surface area (Å²) in [4.78, 5) is 13.2. The normalized spacial score (nSPS) is 12.2. The van der Waals surface area contributed by atoms with Crippen molar-refractivity contribution in [2.24, 2.45) is 4.99 Å². The van der Waals surface area contributed by atoms with Crippen molar-refractivity contribution in [2.45, 2.75) is 6.54 Å². The highest BCUT2D eigenvalue weighted by Crippen LogP contribution is 2.22. The maximum atomic E-state index is 4.58. The van der Waals surface area contributed by atoms with Crippen LogP contribution < -0.4 is 5.32 Å². The molecule has 0 fully saturated rings. The van der Waals surface area contributed by atoms with Crippen LogP contribution in [0, 0.1) is 0 Å². The highest BCUT2D eigenvalue weighted by atomic mass is 15.0. The van der Waals surface area contributed by atoms with E-state index >= 15 is 0 Å². The van der Waals surface area contributed by atoms with E-state index in [0.29, 0.717) is 5.82 Å². The molecule has 4 heteroatoms. The summed E-state index contributed by atoms with van der Waals surface area (Å²) < 4.78 is 0. The Bertz CT molecular complexity index is 841. The van der Waals surface area contributed by atoms with E-state index in [9.17, 15) is 0 Å². The van der Waals surface area contributed by atoms with E-state index in [4.69, 9.17) is 0 Å². The second-order valence-corrected chi connectivity index (χ2v) is 5.14. The number of fused-ring (bicyclic) bond motifs is 1. The number of hydrogen-bond donors (Lipinski definition) is 1. The van der Waals surface area contributed by atoms with Gasteiger partial charge in [0.15, 0.2) is 5.82 Å². The maximum absolute atomic E-state index is 4.58. The smallest absolute Gasteiger partial charge is 0.161 e. The van der Waals surface area contributed by atoms with E-state index in [1.165, 1.54) is 11.1 Å². The molecule has 4 rings (SSSR count). The minimum absolute atomic E-state index is 0.716. The Morgan fingerprint density at radius 2 is 1.86 bits per heavy atom. The van der Waals surface area contributed by atoms with Gasteiger partial charge in [-0.3, -0.25) is 4.99 Å². The quantitative estimate of drug-likeness (QED) is 0.796. The second-order valence-electron chi connectivity index (χ2n) is 5.14. The zero-order chi connectivity index (χ0) is 14.8. The van der Waals surface area contributed by atoms with Gasteiger partial charge in [-0.25, -0.2) is 9.97 Å². The van der Waals surface area contributed by atoms with Crippen LogP contribution in [0.5, 0.6) is 0 Å². The third-order valence-corrected chi connectivity index (χ3v) is 3.60. The molecule has 106 valence electrons. The molecule has 0 radical (unpaired) electrons. The van der Waals surface area contributed by atoms with Crippen LogP contribution in [0.3, 0.4) is 0 Å². The van der Waals surface area contributed by atoms with E-state index in [1.54, 1.807) is 6.20 Å². The van der Waals surface area contributed by atoms with Gasteiger partial charge in [-0.2, -0.15) is 0 Å². The van der Waals surface area contributed by atoms with Gasteiger partial charge in [0.05, 0.1) is 6.54 Å². The summed E-state index contributed by atoms with van der Waals surface area (Å²) in [6.07, 6.45) is 3.68. The molecule has 1 aliphatic rings. The Morgan fingerprint density at radius 3 is 2.77 bits per heavy atom. The lowest BCUT2D eigenvalue weighted by atomic mass is 10.1. The third kappa shape index (κ3) is 2.46. The van der Waals surface area contributed by atoms with Gasteiger partial charge in [-0.05, 0) is 29.3 Å². The fourth-order valence-corrected chi connectivity index (χ4v) is 2.48. The first kappa shape index (κ1) is 12.7. The predicted octanol–water partition coefficient (Wildman–Crippen LogP) is 3.82. The van der Waals surface area contributed by atoms with Gasteiger partial charge in [0.2, 0.25) is 0 Å². The maximum Gasteiger partial charge on any atom is 0.161 e. The molecule has 0 atom stereocenters. The number of hydrogen-bond acceptors (Lipinski definition) is 4. The highest BCUT2D eigenvalue weighted by Gasteiger charge is 2.07. The molecule has 0 bridgehead atoms. The van der Waals surface area contributed by atoms with Crippen molar-refractivity contribution in [1.82, 2.24) is 9.97 Å². The van der Waals surface area contributed by atoms with Gasteiger partial charge in [0.1, 0.15) is 5.82 Å². The Labute approximate surface area is 128 Å². The summed E-state index contributed by atoms with van der Waals surface area (Å²) >= 11 is 0. The standard InChI is InChI=1S/C18H14N4/c1-2-4-13(5-3-1)18-20-9-8-17(22-18)21-16-7-6-14-11-19-12-15(14)10-16/h1-10,12H,11H2,(H,20,21,22). The molecule has 1 aromatic heterocycles. The van der Waals surface area contributed by atoms with Gasteiger partial charge in [-0.1, -0.05) is 36.4 Å². The van der Waals surface area contributed by atoms with Crippen LogP contribution in [0.15, 0.2) is 65.8 Å². The minimum atomic E-state index is 0.716. The molecule has 0 aliphatic carbocycles.